The Bertz CT molecular complexity index is 1210. The summed E-state index contributed by atoms with van der Waals surface area (Å²) in [5, 5.41) is 7.18. The van der Waals surface area contributed by atoms with Crippen molar-refractivity contribution < 1.29 is 13.9 Å². The fraction of sp³-hybridized carbons (Fsp3) is 0.190. The third-order valence-corrected chi connectivity index (χ3v) is 4.31. The second kappa shape index (κ2) is 8.24. The summed E-state index contributed by atoms with van der Waals surface area (Å²) in [6.45, 7) is 4.09. The number of hydrogen-bond acceptors (Lipinski definition) is 6. The number of carbonyl (C=O) groups excluding carboxylic acids is 1. The zero-order valence-electron chi connectivity index (χ0n) is 16.5. The minimum atomic E-state index is -0.340. The highest BCUT2D eigenvalue weighted by Gasteiger charge is 2.12. The van der Waals surface area contributed by atoms with Crippen LogP contribution in [0.25, 0.3) is 5.78 Å². The molecule has 3 aromatic heterocycles. The highest BCUT2D eigenvalue weighted by molar-refractivity contribution is 5.77. The van der Waals surface area contributed by atoms with Gasteiger partial charge in [-0.3, -0.25) is 4.79 Å². The first-order chi connectivity index (χ1) is 14.5. The van der Waals surface area contributed by atoms with Crippen molar-refractivity contribution in [1.82, 2.24) is 29.9 Å². The third-order valence-electron chi connectivity index (χ3n) is 4.31. The molecule has 30 heavy (non-hydrogen) atoms. The molecule has 1 N–H and O–H groups in total. The number of aromatic nitrogens is 5. The lowest BCUT2D eigenvalue weighted by atomic mass is 10.2. The van der Waals surface area contributed by atoms with Gasteiger partial charge in [-0.05, 0) is 55.8 Å². The number of fused-ring (bicyclic) bond motifs is 1. The summed E-state index contributed by atoms with van der Waals surface area (Å²) in [5.41, 5.74) is 2.56. The van der Waals surface area contributed by atoms with E-state index in [0.29, 0.717) is 29.8 Å². The van der Waals surface area contributed by atoms with Crippen LogP contribution in [0.3, 0.4) is 0 Å². The maximum atomic E-state index is 13.0. The molecule has 1 amide bonds. The van der Waals surface area contributed by atoms with E-state index in [2.05, 4.69) is 25.4 Å². The largest absolute Gasteiger partial charge is 0.439 e. The van der Waals surface area contributed by atoms with Crippen LogP contribution in [0.1, 0.15) is 22.8 Å². The van der Waals surface area contributed by atoms with Crippen molar-refractivity contribution in [3.63, 3.8) is 0 Å². The van der Waals surface area contributed by atoms with Gasteiger partial charge in [0.15, 0.2) is 5.82 Å². The molecule has 0 aliphatic heterocycles. The van der Waals surface area contributed by atoms with Crippen molar-refractivity contribution >= 4 is 11.7 Å². The molecule has 0 fully saturated rings. The molecule has 4 rings (SSSR count). The molecule has 3 heterocycles. The summed E-state index contributed by atoms with van der Waals surface area (Å²) >= 11 is 0. The number of rotatable bonds is 6. The molecule has 4 aromatic rings. The predicted octanol–water partition coefficient (Wildman–Crippen LogP) is 2.93. The van der Waals surface area contributed by atoms with Gasteiger partial charge in [-0.15, -0.1) is 5.10 Å². The number of amides is 1. The Morgan fingerprint density at radius 3 is 2.73 bits per heavy atom. The molecule has 1 aromatic carbocycles. The van der Waals surface area contributed by atoms with Crippen LogP contribution in [0, 0.1) is 19.7 Å². The quantitative estimate of drug-likeness (QED) is 0.529. The minimum absolute atomic E-state index is 0.0475. The van der Waals surface area contributed by atoms with E-state index < -0.39 is 0 Å². The Balaban J connectivity index is 1.37. The lowest BCUT2D eigenvalue weighted by Crippen LogP contribution is -2.25. The first-order valence-corrected chi connectivity index (χ1v) is 9.31. The Labute approximate surface area is 171 Å². The second-order valence-electron chi connectivity index (χ2n) is 6.79. The van der Waals surface area contributed by atoms with E-state index >= 15 is 0 Å². The summed E-state index contributed by atoms with van der Waals surface area (Å²) in [7, 11) is 0. The lowest BCUT2D eigenvalue weighted by Gasteiger charge is -2.07. The van der Waals surface area contributed by atoms with Crippen LogP contribution in [0.2, 0.25) is 0 Å². The van der Waals surface area contributed by atoms with Gasteiger partial charge in [0.25, 0.3) is 5.78 Å². The smallest absolute Gasteiger partial charge is 0.252 e. The average molecular weight is 406 g/mol. The number of ether oxygens (including phenoxy) is 1. The summed E-state index contributed by atoms with van der Waals surface area (Å²) in [6, 6.07) is 11.0. The van der Waals surface area contributed by atoms with Crippen molar-refractivity contribution in [2.45, 2.75) is 26.8 Å². The van der Waals surface area contributed by atoms with Crippen LogP contribution in [-0.4, -0.2) is 30.5 Å². The molecule has 0 saturated heterocycles. The zero-order chi connectivity index (χ0) is 21.1. The molecule has 0 spiro atoms. The van der Waals surface area contributed by atoms with Crippen LogP contribution < -0.4 is 10.1 Å². The molecular weight excluding hydrogens is 387 g/mol. The van der Waals surface area contributed by atoms with E-state index in [1.165, 1.54) is 24.3 Å². The van der Waals surface area contributed by atoms with E-state index in [-0.39, 0.29) is 18.1 Å². The topological polar surface area (TPSA) is 94.3 Å². The minimum Gasteiger partial charge on any atom is -0.439 e. The van der Waals surface area contributed by atoms with Crippen LogP contribution in [0.4, 0.5) is 4.39 Å². The number of benzene rings is 1. The molecule has 0 unspecified atom stereocenters. The highest BCUT2D eigenvalue weighted by Crippen LogP contribution is 2.20. The van der Waals surface area contributed by atoms with Gasteiger partial charge in [0.1, 0.15) is 11.6 Å². The molecule has 0 bridgehead atoms. The molecule has 0 saturated carbocycles. The summed E-state index contributed by atoms with van der Waals surface area (Å²) in [4.78, 5) is 25.1. The summed E-state index contributed by atoms with van der Waals surface area (Å²) in [5.74, 6) is 1.16. The monoisotopic (exact) mass is 406 g/mol. The highest BCUT2D eigenvalue weighted by atomic mass is 19.1. The summed E-state index contributed by atoms with van der Waals surface area (Å²) < 4.78 is 20.2. The molecule has 0 radical (unpaired) electrons. The van der Waals surface area contributed by atoms with Gasteiger partial charge in [-0.2, -0.15) is 4.98 Å². The fourth-order valence-corrected chi connectivity index (χ4v) is 2.93. The first-order valence-electron chi connectivity index (χ1n) is 9.31. The van der Waals surface area contributed by atoms with Crippen molar-refractivity contribution in [2.75, 3.05) is 0 Å². The van der Waals surface area contributed by atoms with Gasteiger partial charge < -0.3 is 10.1 Å². The van der Waals surface area contributed by atoms with Gasteiger partial charge in [0.05, 0.1) is 6.42 Å². The SMILES string of the molecule is Cc1cc(C)n2nc(CC(=O)NCc3ccnc(Oc4ccc(F)cc4)c3)nc2n1. The van der Waals surface area contributed by atoms with Gasteiger partial charge in [0.2, 0.25) is 11.8 Å². The third kappa shape index (κ3) is 4.57. The first kappa shape index (κ1) is 19.4. The summed E-state index contributed by atoms with van der Waals surface area (Å²) in [6.07, 6.45) is 1.63. The molecule has 0 aliphatic rings. The normalized spacial score (nSPS) is 10.9. The molecular formula is C21H19FN6O2. The maximum Gasteiger partial charge on any atom is 0.252 e. The van der Waals surface area contributed by atoms with Crippen molar-refractivity contribution in [3.8, 4) is 11.6 Å². The van der Waals surface area contributed by atoms with E-state index in [9.17, 15) is 9.18 Å². The standard InChI is InChI=1S/C21H19FN6O2/c1-13-9-14(2)28-21(25-13)26-18(27-28)11-19(29)24-12-15-7-8-23-20(10-15)30-17-5-3-16(22)4-6-17/h3-10H,11-12H2,1-2H3,(H,24,29). The van der Waals surface area contributed by atoms with Gasteiger partial charge >= 0.3 is 0 Å². The number of carbonyl (C=O) groups is 1. The van der Waals surface area contributed by atoms with E-state index in [1.807, 2.05) is 19.9 Å². The van der Waals surface area contributed by atoms with Gasteiger partial charge in [-0.1, -0.05) is 0 Å². The van der Waals surface area contributed by atoms with Crippen LogP contribution >= 0.6 is 0 Å². The maximum absolute atomic E-state index is 13.0. The van der Waals surface area contributed by atoms with Crippen molar-refractivity contribution in [3.05, 3.63) is 77.3 Å². The lowest BCUT2D eigenvalue weighted by molar-refractivity contribution is -0.120. The number of halogens is 1. The second-order valence-corrected chi connectivity index (χ2v) is 6.79. The van der Waals surface area contributed by atoms with Crippen molar-refractivity contribution in [1.29, 1.82) is 0 Å². The van der Waals surface area contributed by atoms with Crippen LogP contribution in [0.15, 0.2) is 48.7 Å². The van der Waals surface area contributed by atoms with E-state index in [1.54, 1.807) is 22.8 Å². The fourth-order valence-electron chi connectivity index (χ4n) is 2.93. The molecule has 9 heteroatoms. The number of hydrogen-bond donors (Lipinski definition) is 1. The Morgan fingerprint density at radius 1 is 1.13 bits per heavy atom. The number of nitrogens with zero attached hydrogens (tertiary/aromatic N) is 5. The number of pyridine rings is 1. The molecule has 152 valence electrons. The number of aryl methyl sites for hydroxylation is 2. The van der Waals surface area contributed by atoms with Crippen molar-refractivity contribution in [2.24, 2.45) is 0 Å². The van der Waals surface area contributed by atoms with E-state index in [0.717, 1.165) is 17.0 Å². The zero-order valence-corrected chi connectivity index (χ0v) is 16.5. The Hall–Kier alpha value is -3.88. The van der Waals surface area contributed by atoms with Crippen LogP contribution in [0.5, 0.6) is 11.6 Å². The Morgan fingerprint density at radius 2 is 1.93 bits per heavy atom. The van der Waals surface area contributed by atoms with Gasteiger partial charge in [-0.25, -0.2) is 18.9 Å². The van der Waals surface area contributed by atoms with E-state index in [4.69, 9.17) is 4.74 Å². The molecule has 0 aliphatic carbocycles. The predicted molar refractivity (Wildman–Crippen MR) is 107 cm³/mol. The molecule has 8 nitrogen and oxygen atoms in total. The average Bonchev–Trinajstić information content (AvgIpc) is 3.11. The molecule has 0 atom stereocenters. The van der Waals surface area contributed by atoms with Gasteiger partial charge in [0, 0.05) is 30.2 Å². The Kier molecular flexibility index (Phi) is 5.34. The van der Waals surface area contributed by atoms with Crippen LogP contribution in [-0.2, 0) is 17.8 Å². The number of nitrogens with one attached hydrogen (secondary N) is 1.